The van der Waals surface area contributed by atoms with E-state index in [-0.39, 0.29) is 17.6 Å². The smallest absolute Gasteiger partial charge is 0.255 e. The molecular formula is C25H27FN2O2. The molecule has 1 aliphatic heterocycles. The number of nitrogens with zero attached hydrogens (tertiary/aromatic N) is 2. The third-order valence-corrected chi connectivity index (χ3v) is 6.14. The summed E-state index contributed by atoms with van der Waals surface area (Å²) in [6.07, 6.45) is 1.04. The van der Waals surface area contributed by atoms with Gasteiger partial charge in [-0.3, -0.25) is 4.79 Å². The summed E-state index contributed by atoms with van der Waals surface area (Å²) in [6, 6.07) is 18.0. The summed E-state index contributed by atoms with van der Waals surface area (Å²) in [7, 11) is 0. The maximum atomic E-state index is 13.7. The van der Waals surface area contributed by atoms with Gasteiger partial charge in [0.05, 0.1) is 11.7 Å². The number of halogens is 1. The topological polar surface area (TPSA) is 45.5 Å². The van der Waals surface area contributed by atoms with Crippen LogP contribution in [0, 0.1) is 25.6 Å². The lowest BCUT2D eigenvalue weighted by atomic mass is 9.87. The minimum Gasteiger partial charge on any atom is -0.388 e. The first-order chi connectivity index (χ1) is 14.5. The Morgan fingerprint density at radius 2 is 1.73 bits per heavy atom. The number of aryl methyl sites for hydroxylation is 1. The minimum absolute atomic E-state index is 0.00148. The van der Waals surface area contributed by atoms with Gasteiger partial charge in [0.15, 0.2) is 0 Å². The van der Waals surface area contributed by atoms with E-state index < -0.39 is 6.10 Å². The second kappa shape index (κ2) is 8.44. The fraction of sp³-hybridized carbons (Fsp3) is 0.320. The first kappa shape index (κ1) is 20.4. The van der Waals surface area contributed by atoms with Gasteiger partial charge in [-0.25, -0.2) is 4.39 Å². The molecule has 1 aliphatic rings. The zero-order valence-corrected chi connectivity index (χ0v) is 17.4. The standard InChI is InChI=1S/C25H27FN2O2/c1-17-15-23(18(2)28(17)22-10-6-9-21(26)16-22)25(30)27-13-11-20(12-14-27)24(29)19-7-4-3-5-8-19/h3-10,15-16,20,24,29H,11-14H2,1-2H3. The number of rotatable bonds is 4. The number of carbonyl (C=O) groups excluding carboxylic acids is 1. The normalized spacial score (nSPS) is 15.9. The highest BCUT2D eigenvalue weighted by Gasteiger charge is 2.30. The molecule has 0 bridgehead atoms. The van der Waals surface area contributed by atoms with Crippen molar-refractivity contribution >= 4 is 5.91 Å². The van der Waals surface area contributed by atoms with Crippen LogP contribution in [0.15, 0.2) is 60.7 Å². The van der Waals surface area contributed by atoms with Crippen molar-refractivity contribution in [1.29, 1.82) is 0 Å². The van der Waals surface area contributed by atoms with E-state index in [1.807, 2.05) is 65.8 Å². The number of piperidine rings is 1. The summed E-state index contributed by atoms with van der Waals surface area (Å²) < 4.78 is 15.6. The van der Waals surface area contributed by atoms with Crippen molar-refractivity contribution in [1.82, 2.24) is 9.47 Å². The van der Waals surface area contributed by atoms with Crippen molar-refractivity contribution in [3.05, 3.63) is 89.0 Å². The van der Waals surface area contributed by atoms with E-state index in [9.17, 15) is 14.3 Å². The predicted octanol–water partition coefficient (Wildman–Crippen LogP) is 4.82. The van der Waals surface area contributed by atoms with Crippen LogP contribution in [0.2, 0.25) is 0 Å². The Morgan fingerprint density at radius 3 is 2.40 bits per heavy atom. The zero-order chi connectivity index (χ0) is 21.3. The van der Waals surface area contributed by atoms with Gasteiger partial charge in [0.1, 0.15) is 5.82 Å². The minimum atomic E-state index is -0.499. The molecular weight excluding hydrogens is 379 g/mol. The Bertz CT molecular complexity index is 1040. The van der Waals surface area contributed by atoms with Crippen molar-refractivity contribution in [3.63, 3.8) is 0 Å². The van der Waals surface area contributed by atoms with Gasteiger partial charge in [0.2, 0.25) is 0 Å². The molecule has 4 rings (SSSR count). The van der Waals surface area contributed by atoms with E-state index in [4.69, 9.17) is 0 Å². The summed E-state index contributed by atoms with van der Waals surface area (Å²) in [5, 5.41) is 10.7. The number of aliphatic hydroxyl groups excluding tert-OH is 1. The van der Waals surface area contributed by atoms with Gasteiger partial charge in [-0.15, -0.1) is 0 Å². The molecule has 4 nitrogen and oxygen atoms in total. The molecule has 2 aromatic carbocycles. The lowest BCUT2D eigenvalue weighted by Crippen LogP contribution is -2.40. The van der Waals surface area contributed by atoms with Crippen LogP contribution in [-0.2, 0) is 0 Å². The van der Waals surface area contributed by atoms with Crippen LogP contribution in [0.1, 0.15) is 46.3 Å². The molecule has 1 N–H and O–H groups in total. The first-order valence-corrected chi connectivity index (χ1v) is 10.4. The molecule has 1 unspecified atom stereocenters. The zero-order valence-electron chi connectivity index (χ0n) is 17.4. The molecule has 156 valence electrons. The van der Waals surface area contributed by atoms with Crippen LogP contribution < -0.4 is 0 Å². The highest BCUT2D eigenvalue weighted by Crippen LogP contribution is 2.31. The molecule has 1 atom stereocenters. The summed E-state index contributed by atoms with van der Waals surface area (Å²) in [5.41, 5.74) is 4.01. The molecule has 0 aliphatic carbocycles. The van der Waals surface area contributed by atoms with E-state index in [1.165, 1.54) is 12.1 Å². The largest absolute Gasteiger partial charge is 0.388 e. The van der Waals surface area contributed by atoms with Crippen LogP contribution in [0.3, 0.4) is 0 Å². The Kier molecular flexibility index (Phi) is 5.73. The number of hydrogen-bond acceptors (Lipinski definition) is 2. The number of aliphatic hydroxyl groups is 1. The number of amides is 1. The monoisotopic (exact) mass is 406 g/mol. The number of likely N-dealkylation sites (tertiary alicyclic amines) is 1. The number of hydrogen-bond donors (Lipinski definition) is 1. The molecule has 5 heteroatoms. The van der Waals surface area contributed by atoms with Crippen LogP contribution >= 0.6 is 0 Å². The van der Waals surface area contributed by atoms with Crippen LogP contribution in [0.4, 0.5) is 4.39 Å². The molecule has 30 heavy (non-hydrogen) atoms. The number of aromatic nitrogens is 1. The van der Waals surface area contributed by atoms with Crippen molar-refractivity contribution < 1.29 is 14.3 Å². The fourth-order valence-electron chi connectivity index (χ4n) is 4.50. The maximum absolute atomic E-state index is 13.7. The van der Waals surface area contributed by atoms with Gasteiger partial charge in [-0.05, 0) is 62.4 Å². The Balaban J connectivity index is 1.48. The highest BCUT2D eigenvalue weighted by atomic mass is 19.1. The van der Waals surface area contributed by atoms with Crippen LogP contribution in [-0.4, -0.2) is 33.6 Å². The summed E-state index contributed by atoms with van der Waals surface area (Å²) in [6.45, 7) is 5.07. The summed E-state index contributed by atoms with van der Waals surface area (Å²) in [5.74, 6) is -0.151. The first-order valence-electron chi connectivity index (χ1n) is 10.4. The van der Waals surface area contributed by atoms with E-state index in [0.717, 1.165) is 29.8 Å². The molecule has 3 aromatic rings. The second-order valence-corrected chi connectivity index (χ2v) is 8.09. The van der Waals surface area contributed by atoms with E-state index >= 15 is 0 Å². The predicted molar refractivity (Wildman–Crippen MR) is 115 cm³/mol. The van der Waals surface area contributed by atoms with Gasteiger partial charge < -0.3 is 14.6 Å². The SMILES string of the molecule is Cc1cc(C(=O)N2CCC(C(O)c3ccccc3)CC2)c(C)n1-c1cccc(F)c1. The van der Waals surface area contributed by atoms with E-state index in [0.29, 0.717) is 24.3 Å². The third kappa shape index (κ3) is 3.90. The second-order valence-electron chi connectivity index (χ2n) is 8.09. The van der Waals surface area contributed by atoms with E-state index in [1.54, 1.807) is 6.07 Å². The average Bonchev–Trinajstić information content (AvgIpc) is 3.07. The molecule has 1 saturated heterocycles. The van der Waals surface area contributed by atoms with E-state index in [2.05, 4.69) is 0 Å². The van der Waals surface area contributed by atoms with Gasteiger partial charge in [-0.1, -0.05) is 36.4 Å². The fourth-order valence-corrected chi connectivity index (χ4v) is 4.50. The van der Waals surface area contributed by atoms with Crippen molar-refractivity contribution in [2.75, 3.05) is 13.1 Å². The molecule has 1 aromatic heterocycles. The van der Waals surface area contributed by atoms with Crippen molar-refractivity contribution in [2.45, 2.75) is 32.8 Å². The van der Waals surface area contributed by atoms with Crippen LogP contribution in [0.5, 0.6) is 0 Å². The van der Waals surface area contributed by atoms with Crippen LogP contribution in [0.25, 0.3) is 5.69 Å². The molecule has 1 amide bonds. The van der Waals surface area contributed by atoms with Gasteiger partial charge in [0, 0.05) is 30.2 Å². The molecule has 1 fully saturated rings. The summed E-state index contributed by atoms with van der Waals surface area (Å²) in [4.78, 5) is 15.1. The molecule has 0 saturated carbocycles. The lowest BCUT2D eigenvalue weighted by molar-refractivity contribution is 0.0462. The van der Waals surface area contributed by atoms with Gasteiger partial charge >= 0.3 is 0 Å². The Hall–Kier alpha value is -2.92. The Morgan fingerprint density at radius 1 is 1.03 bits per heavy atom. The molecule has 0 spiro atoms. The maximum Gasteiger partial charge on any atom is 0.255 e. The number of benzene rings is 2. The van der Waals surface area contributed by atoms with Crippen molar-refractivity contribution in [2.24, 2.45) is 5.92 Å². The third-order valence-electron chi connectivity index (χ3n) is 6.14. The van der Waals surface area contributed by atoms with Crippen molar-refractivity contribution in [3.8, 4) is 5.69 Å². The van der Waals surface area contributed by atoms with Gasteiger partial charge in [-0.2, -0.15) is 0 Å². The van der Waals surface area contributed by atoms with Gasteiger partial charge in [0.25, 0.3) is 5.91 Å². The molecule has 0 radical (unpaired) electrons. The average molecular weight is 407 g/mol. The lowest BCUT2D eigenvalue weighted by Gasteiger charge is -2.34. The summed E-state index contributed by atoms with van der Waals surface area (Å²) >= 11 is 0. The molecule has 2 heterocycles. The quantitative estimate of drug-likeness (QED) is 0.675. The highest BCUT2D eigenvalue weighted by molar-refractivity contribution is 5.96. The number of carbonyl (C=O) groups is 1. The Labute approximate surface area is 176 Å².